The Bertz CT molecular complexity index is 856. The minimum atomic E-state index is -0.444. The van der Waals surface area contributed by atoms with E-state index >= 15 is 0 Å². The second-order valence-corrected chi connectivity index (χ2v) is 6.31. The number of ether oxygens (including phenoxy) is 2. The molecule has 0 saturated heterocycles. The molecular weight excluding hydrogens is 350 g/mol. The molecule has 0 aromatic heterocycles. The van der Waals surface area contributed by atoms with Gasteiger partial charge < -0.3 is 9.47 Å². The van der Waals surface area contributed by atoms with Crippen LogP contribution in [0.15, 0.2) is 47.5 Å². The number of allylic oxidation sites excluding steroid dienone is 2. The lowest BCUT2D eigenvalue weighted by Crippen LogP contribution is -2.12. The highest BCUT2D eigenvalue weighted by Crippen LogP contribution is 2.30. The number of ketones is 1. The van der Waals surface area contributed by atoms with Crippen molar-refractivity contribution in [2.75, 3.05) is 14.2 Å². The van der Waals surface area contributed by atoms with E-state index in [-0.39, 0.29) is 17.3 Å². The number of Topliss-reactive ketones (excluding diaryl/α,β-unsaturated/α-hetero) is 1. The standard InChI is InChI=1S/C22H20F2O3/c1-26-20-12-14(6-8-18(20)23)10-16-4-3-5-17(22(16)25)11-15-7-9-19(24)21(13-15)27-2/h6-13H,3-5H2,1-2H3. The predicted molar refractivity (Wildman–Crippen MR) is 101 cm³/mol. The van der Waals surface area contributed by atoms with E-state index in [9.17, 15) is 13.6 Å². The van der Waals surface area contributed by atoms with Gasteiger partial charge in [-0.1, -0.05) is 12.1 Å². The van der Waals surface area contributed by atoms with Crippen molar-refractivity contribution >= 4 is 17.9 Å². The number of rotatable bonds is 4. The Kier molecular flexibility index (Phi) is 5.69. The van der Waals surface area contributed by atoms with Gasteiger partial charge in [-0.2, -0.15) is 0 Å². The maximum Gasteiger partial charge on any atom is 0.185 e. The van der Waals surface area contributed by atoms with Crippen LogP contribution in [0.1, 0.15) is 30.4 Å². The normalized spacial score (nSPS) is 17.4. The maximum atomic E-state index is 13.6. The summed E-state index contributed by atoms with van der Waals surface area (Å²) < 4.78 is 37.1. The highest BCUT2D eigenvalue weighted by molar-refractivity contribution is 6.14. The monoisotopic (exact) mass is 370 g/mol. The quantitative estimate of drug-likeness (QED) is 0.694. The van der Waals surface area contributed by atoms with Crippen LogP contribution in [-0.2, 0) is 4.79 Å². The highest BCUT2D eigenvalue weighted by Gasteiger charge is 2.21. The molecule has 0 heterocycles. The third kappa shape index (κ3) is 4.25. The van der Waals surface area contributed by atoms with Crippen molar-refractivity contribution in [3.05, 3.63) is 70.3 Å². The molecule has 5 heteroatoms. The topological polar surface area (TPSA) is 35.5 Å². The number of carbonyl (C=O) groups excluding carboxylic acids is 1. The minimum absolute atomic E-state index is 0.0483. The number of hydrogen-bond donors (Lipinski definition) is 0. The second-order valence-electron chi connectivity index (χ2n) is 6.31. The minimum Gasteiger partial charge on any atom is -0.494 e. The first-order valence-corrected chi connectivity index (χ1v) is 8.64. The summed E-state index contributed by atoms with van der Waals surface area (Å²) in [6.07, 6.45) is 5.68. The smallest absolute Gasteiger partial charge is 0.185 e. The van der Waals surface area contributed by atoms with Crippen molar-refractivity contribution in [1.82, 2.24) is 0 Å². The van der Waals surface area contributed by atoms with Crippen LogP contribution < -0.4 is 9.47 Å². The second kappa shape index (κ2) is 8.16. The predicted octanol–water partition coefficient (Wildman–Crippen LogP) is 5.20. The molecule has 0 bridgehead atoms. The molecule has 0 aliphatic heterocycles. The van der Waals surface area contributed by atoms with E-state index in [0.29, 0.717) is 35.1 Å². The Balaban J connectivity index is 1.89. The molecule has 1 aliphatic carbocycles. The van der Waals surface area contributed by atoms with Gasteiger partial charge in [0.25, 0.3) is 0 Å². The van der Waals surface area contributed by atoms with Gasteiger partial charge >= 0.3 is 0 Å². The molecule has 3 nitrogen and oxygen atoms in total. The van der Waals surface area contributed by atoms with Crippen molar-refractivity contribution < 1.29 is 23.0 Å². The molecule has 2 aromatic rings. The molecular formula is C22H20F2O3. The van der Waals surface area contributed by atoms with Crippen LogP contribution in [0.3, 0.4) is 0 Å². The Morgan fingerprint density at radius 1 is 0.815 bits per heavy atom. The zero-order valence-electron chi connectivity index (χ0n) is 15.2. The van der Waals surface area contributed by atoms with Crippen LogP contribution in [0.5, 0.6) is 11.5 Å². The third-order valence-electron chi connectivity index (χ3n) is 4.51. The fourth-order valence-electron chi connectivity index (χ4n) is 3.11. The first-order valence-electron chi connectivity index (χ1n) is 8.64. The lowest BCUT2D eigenvalue weighted by atomic mass is 9.87. The summed E-state index contributed by atoms with van der Waals surface area (Å²) in [5.41, 5.74) is 2.74. The molecule has 3 rings (SSSR count). The molecule has 140 valence electrons. The van der Waals surface area contributed by atoms with Gasteiger partial charge in [-0.15, -0.1) is 0 Å². The molecule has 0 atom stereocenters. The first kappa shape index (κ1) is 18.8. The van der Waals surface area contributed by atoms with Crippen molar-refractivity contribution in [2.45, 2.75) is 19.3 Å². The summed E-state index contributed by atoms with van der Waals surface area (Å²) in [6.45, 7) is 0. The largest absolute Gasteiger partial charge is 0.494 e. The number of halogens is 2. The molecule has 0 radical (unpaired) electrons. The van der Waals surface area contributed by atoms with E-state index in [4.69, 9.17) is 9.47 Å². The van der Waals surface area contributed by atoms with Crippen molar-refractivity contribution in [3.8, 4) is 11.5 Å². The van der Waals surface area contributed by atoms with Crippen LogP contribution in [0.4, 0.5) is 8.78 Å². The van der Waals surface area contributed by atoms with Gasteiger partial charge in [0, 0.05) is 11.1 Å². The molecule has 2 aromatic carbocycles. The highest BCUT2D eigenvalue weighted by atomic mass is 19.1. The van der Waals surface area contributed by atoms with E-state index in [2.05, 4.69) is 0 Å². The van der Waals surface area contributed by atoms with Crippen LogP contribution in [0.2, 0.25) is 0 Å². The Morgan fingerprint density at radius 2 is 1.26 bits per heavy atom. The Hall–Kier alpha value is -2.95. The lowest BCUT2D eigenvalue weighted by Gasteiger charge is -2.17. The van der Waals surface area contributed by atoms with Gasteiger partial charge in [-0.25, -0.2) is 8.78 Å². The Labute approximate surface area is 156 Å². The fraction of sp³-hybridized carbons (Fsp3) is 0.227. The SMILES string of the molecule is COc1cc(C=C2CCCC(=Cc3ccc(F)c(OC)c3)C2=O)ccc1F. The summed E-state index contributed by atoms with van der Waals surface area (Å²) >= 11 is 0. The number of benzene rings is 2. The van der Waals surface area contributed by atoms with Crippen LogP contribution >= 0.6 is 0 Å². The van der Waals surface area contributed by atoms with Gasteiger partial charge in [0.2, 0.25) is 0 Å². The number of methoxy groups -OCH3 is 2. The van der Waals surface area contributed by atoms with Crippen LogP contribution in [0.25, 0.3) is 12.2 Å². The van der Waals surface area contributed by atoms with Crippen molar-refractivity contribution in [1.29, 1.82) is 0 Å². The van der Waals surface area contributed by atoms with E-state index in [0.717, 1.165) is 6.42 Å². The molecule has 1 fully saturated rings. The first-order chi connectivity index (χ1) is 13.0. The van der Waals surface area contributed by atoms with Gasteiger partial charge in [-0.05, 0) is 66.8 Å². The Morgan fingerprint density at radius 3 is 1.67 bits per heavy atom. The summed E-state index contributed by atoms with van der Waals surface area (Å²) in [5.74, 6) is -0.655. The summed E-state index contributed by atoms with van der Waals surface area (Å²) in [5, 5.41) is 0. The average Bonchev–Trinajstić information content (AvgIpc) is 2.67. The maximum absolute atomic E-state index is 13.6. The average molecular weight is 370 g/mol. The molecule has 0 N–H and O–H groups in total. The summed E-state index contributed by atoms with van der Waals surface area (Å²) in [4.78, 5) is 12.8. The van der Waals surface area contributed by atoms with Gasteiger partial charge in [-0.3, -0.25) is 4.79 Å². The number of hydrogen-bond acceptors (Lipinski definition) is 3. The molecule has 1 saturated carbocycles. The molecule has 27 heavy (non-hydrogen) atoms. The van der Waals surface area contributed by atoms with Gasteiger partial charge in [0.15, 0.2) is 28.9 Å². The number of carbonyl (C=O) groups is 1. The summed E-state index contributed by atoms with van der Waals surface area (Å²) in [7, 11) is 2.80. The third-order valence-corrected chi connectivity index (χ3v) is 4.51. The van der Waals surface area contributed by atoms with Crippen LogP contribution in [-0.4, -0.2) is 20.0 Å². The van der Waals surface area contributed by atoms with Crippen molar-refractivity contribution in [3.63, 3.8) is 0 Å². The van der Waals surface area contributed by atoms with Crippen molar-refractivity contribution in [2.24, 2.45) is 0 Å². The van der Waals surface area contributed by atoms with Gasteiger partial charge in [0.1, 0.15) is 0 Å². The van der Waals surface area contributed by atoms with Crippen LogP contribution in [0, 0.1) is 11.6 Å². The van der Waals surface area contributed by atoms with E-state index < -0.39 is 11.6 Å². The van der Waals surface area contributed by atoms with E-state index in [1.807, 2.05) is 0 Å². The zero-order chi connectivity index (χ0) is 19.4. The fourth-order valence-corrected chi connectivity index (χ4v) is 3.11. The molecule has 1 aliphatic rings. The van der Waals surface area contributed by atoms with E-state index in [1.54, 1.807) is 36.4 Å². The lowest BCUT2D eigenvalue weighted by molar-refractivity contribution is -0.112. The zero-order valence-corrected chi connectivity index (χ0v) is 15.2. The van der Waals surface area contributed by atoms with E-state index in [1.165, 1.54) is 26.4 Å². The van der Waals surface area contributed by atoms with Gasteiger partial charge in [0.05, 0.1) is 14.2 Å². The molecule has 0 amide bonds. The summed E-state index contributed by atoms with van der Waals surface area (Å²) in [6, 6.07) is 9.00. The molecule has 0 spiro atoms. The molecule has 0 unspecified atom stereocenters.